The van der Waals surface area contributed by atoms with Crippen LogP contribution in [0.4, 0.5) is 5.00 Å². The average Bonchev–Trinajstić information content (AvgIpc) is 3.05. The van der Waals surface area contributed by atoms with Gasteiger partial charge >= 0.3 is 5.97 Å². The maximum absolute atomic E-state index is 12.7. The number of methoxy groups -OCH3 is 1. The number of likely N-dealkylation sites (N-methyl/N-ethyl adjacent to an activating group) is 1. The summed E-state index contributed by atoms with van der Waals surface area (Å²) in [6.07, 6.45) is 2.84. The van der Waals surface area contributed by atoms with Crippen molar-refractivity contribution in [3.8, 4) is 5.75 Å². The maximum Gasteiger partial charge on any atom is 0.341 e. The van der Waals surface area contributed by atoms with E-state index in [1.165, 1.54) is 23.3 Å². The molecule has 1 atom stereocenters. The van der Waals surface area contributed by atoms with Gasteiger partial charge in [0.25, 0.3) is 0 Å². The molecule has 2 aromatic rings. The summed E-state index contributed by atoms with van der Waals surface area (Å²) >= 11 is 1.51. The standard InChI is InChI=1S/C23H30N2O4S/c1-5-29-17-9-7-16(8-10-17)13-25(3)14-20(26)24-22-21(23(27)28-4)18-11-6-15(2)12-19(18)30-22/h7-10,15H,5-6,11-14H2,1-4H3,(H,24,26). The Bertz CT molecular complexity index is 891. The second kappa shape index (κ2) is 10.1. The fourth-order valence-corrected chi connectivity index (χ4v) is 5.21. The van der Waals surface area contributed by atoms with Gasteiger partial charge in [-0.2, -0.15) is 0 Å². The summed E-state index contributed by atoms with van der Waals surface area (Å²) in [5, 5.41) is 3.57. The SMILES string of the molecule is CCOc1ccc(CN(C)CC(=O)Nc2sc3c(c2C(=O)OC)CCC(C)C3)cc1. The largest absolute Gasteiger partial charge is 0.494 e. The van der Waals surface area contributed by atoms with Crippen molar-refractivity contribution in [1.29, 1.82) is 0 Å². The van der Waals surface area contributed by atoms with Crippen LogP contribution in [0.15, 0.2) is 24.3 Å². The van der Waals surface area contributed by atoms with Crippen molar-refractivity contribution >= 4 is 28.2 Å². The number of ether oxygens (including phenoxy) is 2. The highest BCUT2D eigenvalue weighted by Gasteiger charge is 2.29. The molecule has 1 aromatic carbocycles. The van der Waals surface area contributed by atoms with Gasteiger partial charge < -0.3 is 14.8 Å². The summed E-state index contributed by atoms with van der Waals surface area (Å²) in [6.45, 7) is 5.68. The molecule has 0 saturated carbocycles. The lowest BCUT2D eigenvalue weighted by molar-refractivity contribution is -0.117. The van der Waals surface area contributed by atoms with E-state index in [0.717, 1.165) is 36.1 Å². The molecule has 0 aliphatic heterocycles. The quantitative estimate of drug-likeness (QED) is 0.638. The first-order chi connectivity index (χ1) is 14.4. The minimum absolute atomic E-state index is 0.139. The molecule has 0 saturated heterocycles. The number of anilines is 1. The number of benzene rings is 1. The summed E-state index contributed by atoms with van der Waals surface area (Å²) in [5.41, 5.74) is 2.68. The molecule has 0 spiro atoms. The van der Waals surface area contributed by atoms with Gasteiger partial charge in [0.1, 0.15) is 10.8 Å². The number of hydrogen-bond donors (Lipinski definition) is 1. The van der Waals surface area contributed by atoms with Gasteiger partial charge in [-0.3, -0.25) is 9.69 Å². The molecule has 162 valence electrons. The number of nitrogens with one attached hydrogen (secondary N) is 1. The molecule has 0 radical (unpaired) electrons. The van der Waals surface area contributed by atoms with Crippen LogP contribution in [-0.4, -0.2) is 44.1 Å². The lowest BCUT2D eigenvalue weighted by Gasteiger charge is -2.18. The monoisotopic (exact) mass is 430 g/mol. The van der Waals surface area contributed by atoms with Gasteiger partial charge in [0.05, 0.1) is 25.8 Å². The maximum atomic E-state index is 12.7. The van der Waals surface area contributed by atoms with Crippen molar-refractivity contribution < 1.29 is 19.1 Å². The number of hydrogen-bond acceptors (Lipinski definition) is 6. The third kappa shape index (κ3) is 5.40. The second-order valence-electron chi connectivity index (χ2n) is 7.84. The van der Waals surface area contributed by atoms with Crippen LogP contribution >= 0.6 is 11.3 Å². The topological polar surface area (TPSA) is 67.9 Å². The first kappa shape index (κ1) is 22.3. The number of nitrogens with zero attached hydrogens (tertiary/aromatic N) is 1. The number of thiophene rings is 1. The van der Waals surface area contributed by atoms with Gasteiger partial charge in [0, 0.05) is 11.4 Å². The normalized spacial score (nSPS) is 15.6. The van der Waals surface area contributed by atoms with E-state index in [0.29, 0.717) is 29.6 Å². The summed E-state index contributed by atoms with van der Waals surface area (Å²) in [7, 11) is 3.28. The Labute approximate surface area is 182 Å². The zero-order valence-corrected chi connectivity index (χ0v) is 18.9. The minimum atomic E-state index is -0.375. The molecule has 1 aliphatic rings. The average molecular weight is 431 g/mol. The Hall–Kier alpha value is -2.38. The van der Waals surface area contributed by atoms with Crippen molar-refractivity contribution in [1.82, 2.24) is 4.90 Å². The lowest BCUT2D eigenvalue weighted by Crippen LogP contribution is -2.30. The molecule has 30 heavy (non-hydrogen) atoms. The molecule has 1 aromatic heterocycles. The number of esters is 1. The minimum Gasteiger partial charge on any atom is -0.494 e. The first-order valence-corrected chi connectivity index (χ1v) is 11.2. The van der Waals surface area contributed by atoms with Crippen molar-refractivity contribution in [2.75, 3.05) is 32.6 Å². The molecule has 1 aliphatic carbocycles. The summed E-state index contributed by atoms with van der Waals surface area (Å²) in [5.74, 6) is 0.916. The summed E-state index contributed by atoms with van der Waals surface area (Å²) < 4.78 is 10.5. The molecule has 1 amide bonds. The number of carbonyl (C=O) groups excluding carboxylic acids is 2. The van der Waals surface area contributed by atoms with Gasteiger partial charge in [-0.15, -0.1) is 11.3 Å². The molecule has 7 heteroatoms. The molecular formula is C23H30N2O4S. The van der Waals surface area contributed by atoms with Crippen LogP contribution < -0.4 is 10.1 Å². The van der Waals surface area contributed by atoms with Gasteiger partial charge in [0.2, 0.25) is 5.91 Å². The third-order valence-corrected chi connectivity index (χ3v) is 6.42. The van der Waals surface area contributed by atoms with Crippen LogP contribution in [0.5, 0.6) is 5.75 Å². The van der Waals surface area contributed by atoms with Crippen LogP contribution in [0, 0.1) is 5.92 Å². The van der Waals surface area contributed by atoms with Gasteiger partial charge in [-0.1, -0.05) is 19.1 Å². The van der Waals surface area contributed by atoms with Crippen LogP contribution in [0.25, 0.3) is 0 Å². The molecule has 0 fully saturated rings. The predicted molar refractivity (Wildman–Crippen MR) is 119 cm³/mol. The van der Waals surface area contributed by atoms with Crippen LogP contribution in [0.1, 0.15) is 46.6 Å². The highest BCUT2D eigenvalue weighted by atomic mass is 32.1. The first-order valence-electron chi connectivity index (χ1n) is 10.3. The third-order valence-electron chi connectivity index (χ3n) is 5.25. The fraction of sp³-hybridized carbons (Fsp3) is 0.478. The van der Waals surface area contributed by atoms with E-state index in [-0.39, 0.29) is 18.4 Å². The molecule has 1 N–H and O–H groups in total. The zero-order chi connectivity index (χ0) is 21.7. The Morgan fingerprint density at radius 1 is 1.27 bits per heavy atom. The van der Waals surface area contributed by atoms with E-state index < -0.39 is 0 Å². The summed E-state index contributed by atoms with van der Waals surface area (Å²) in [6, 6.07) is 7.88. The zero-order valence-electron chi connectivity index (χ0n) is 18.1. The van der Waals surface area contributed by atoms with Crippen molar-refractivity contribution in [2.24, 2.45) is 5.92 Å². The number of fused-ring (bicyclic) bond motifs is 1. The molecule has 0 bridgehead atoms. The summed E-state index contributed by atoms with van der Waals surface area (Å²) in [4.78, 5) is 28.2. The van der Waals surface area contributed by atoms with Gasteiger partial charge in [0.15, 0.2) is 0 Å². The molecule has 6 nitrogen and oxygen atoms in total. The van der Waals surface area contributed by atoms with Crippen LogP contribution in [-0.2, 0) is 28.9 Å². The van der Waals surface area contributed by atoms with Crippen LogP contribution in [0.3, 0.4) is 0 Å². The molecule has 1 unspecified atom stereocenters. The molecule has 1 heterocycles. The highest BCUT2D eigenvalue weighted by molar-refractivity contribution is 7.17. The number of carbonyl (C=O) groups is 2. The van der Waals surface area contributed by atoms with Crippen molar-refractivity contribution in [3.63, 3.8) is 0 Å². The predicted octanol–water partition coefficient (Wildman–Crippen LogP) is 4.13. The fourth-order valence-electron chi connectivity index (χ4n) is 3.79. The van der Waals surface area contributed by atoms with Gasteiger partial charge in [-0.25, -0.2) is 4.79 Å². The van der Waals surface area contributed by atoms with Crippen molar-refractivity contribution in [3.05, 3.63) is 45.8 Å². The Morgan fingerprint density at radius 3 is 2.67 bits per heavy atom. The Morgan fingerprint density at radius 2 is 2.00 bits per heavy atom. The number of rotatable bonds is 8. The van der Waals surface area contributed by atoms with E-state index >= 15 is 0 Å². The van der Waals surface area contributed by atoms with Gasteiger partial charge in [-0.05, 0) is 62.4 Å². The van der Waals surface area contributed by atoms with E-state index in [4.69, 9.17) is 9.47 Å². The van der Waals surface area contributed by atoms with Crippen LogP contribution in [0.2, 0.25) is 0 Å². The Kier molecular flexibility index (Phi) is 7.50. The Balaban J connectivity index is 1.64. The van der Waals surface area contributed by atoms with Crippen molar-refractivity contribution in [2.45, 2.75) is 39.7 Å². The van der Waals surface area contributed by atoms with E-state index in [2.05, 4.69) is 12.2 Å². The second-order valence-corrected chi connectivity index (χ2v) is 8.95. The molecule has 3 rings (SSSR count). The van der Waals surface area contributed by atoms with E-state index in [1.807, 2.05) is 43.1 Å². The molecular weight excluding hydrogens is 400 g/mol. The lowest BCUT2D eigenvalue weighted by atomic mass is 9.88. The van der Waals surface area contributed by atoms with E-state index in [9.17, 15) is 9.59 Å². The number of amides is 1. The van der Waals surface area contributed by atoms with E-state index in [1.54, 1.807) is 0 Å². The highest BCUT2D eigenvalue weighted by Crippen LogP contribution is 2.40. The smallest absolute Gasteiger partial charge is 0.341 e.